The van der Waals surface area contributed by atoms with Gasteiger partial charge < -0.3 is 9.30 Å². The zero-order valence-electron chi connectivity index (χ0n) is 8.19. The summed E-state index contributed by atoms with van der Waals surface area (Å²) in [5.41, 5.74) is 0.415. The van der Waals surface area contributed by atoms with E-state index >= 15 is 0 Å². The Bertz CT molecular complexity index is 344. The summed E-state index contributed by atoms with van der Waals surface area (Å²) in [6, 6.07) is 0. The van der Waals surface area contributed by atoms with Crippen LogP contribution >= 0.6 is 0 Å². The van der Waals surface area contributed by atoms with Crippen LogP contribution in [0.5, 0.6) is 0 Å². The van der Waals surface area contributed by atoms with Gasteiger partial charge in [-0.1, -0.05) is 0 Å². The third-order valence-corrected chi connectivity index (χ3v) is 1.71. The molecule has 0 amide bonds. The molecule has 0 aliphatic carbocycles. The van der Waals surface area contributed by atoms with E-state index in [2.05, 4.69) is 9.72 Å². The maximum absolute atomic E-state index is 11.5. The molecule has 5 nitrogen and oxygen atoms in total. The number of ketones is 1. The van der Waals surface area contributed by atoms with Crippen molar-refractivity contribution in [1.82, 2.24) is 9.55 Å². The number of esters is 1. The molecule has 1 heterocycles. The minimum Gasteiger partial charge on any atom is -0.466 e. The SMILES string of the molecule is CCOC(=O)CC(=O)c1cncn1C. The largest absolute Gasteiger partial charge is 0.466 e. The molecular weight excluding hydrogens is 184 g/mol. The van der Waals surface area contributed by atoms with Gasteiger partial charge >= 0.3 is 5.97 Å². The average molecular weight is 196 g/mol. The quantitative estimate of drug-likeness (QED) is 0.401. The summed E-state index contributed by atoms with van der Waals surface area (Å²) in [6.45, 7) is 1.99. The number of hydrogen-bond acceptors (Lipinski definition) is 4. The van der Waals surface area contributed by atoms with E-state index < -0.39 is 5.97 Å². The first-order valence-electron chi connectivity index (χ1n) is 4.30. The molecule has 1 aromatic heterocycles. The molecular formula is C9H12N2O3. The van der Waals surface area contributed by atoms with Gasteiger partial charge in [0.15, 0.2) is 5.78 Å². The molecule has 0 bridgehead atoms. The summed E-state index contributed by atoms with van der Waals surface area (Å²) in [4.78, 5) is 26.2. The molecule has 0 saturated heterocycles. The van der Waals surface area contributed by atoms with E-state index in [0.29, 0.717) is 5.69 Å². The predicted octanol–water partition coefficient (Wildman–Crippen LogP) is 0.556. The zero-order chi connectivity index (χ0) is 10.6. The van der Waals surface area contributed by atoms with Gasteiger partial charge in [0, 0.05) is 7.05 Å². The molecule has 76 valence electrons. The Morgan fingerprint density at radius 2 is 2.29 bits per heavy atom. The van der Waals surface area contributed by atoms with Crippen molar-refractivity contribution in [1.29, 1.82) is 0 Å². The highest BCUT2D eigenvalue weighted by molar-refractivity contribution is 6.04. The molecule has 0 unspecified atom stereocenters. The van der Waals surface area contributed by atoms with Crippen molar-refractivity contribution in [3.05, 3.63) is 18.2 Å². The van der Waals surface area contributed by atoms with E-state index in [9.17, 15) is 9.59 Å². The number of aryl methyl sites for hydroxylation is 1. The van der Waals surface area contributed by atoms with Crippen molar-refractivity contribution >= 4 is 11.8 Å². The summed E-state index contributed by atoms with van der Waals surface area (Å²) in [5, 5.41) is 0. The Hall–Kier alpha value is -1.65. The van der Waals surface area contributed by atoms with Gasteiger partial charge in [-0.3, -0.25) is 9.59 Å². The highest BCUT2D eigenvalue weighted by Crippen LogP contribution is 2.02. The van der Waals surface area contributed by atoms with Crippen LogP contribution in [-0.4, -0.2) is 27.9 Å². The van der Waals surface area contributed by atoms with E-state index in [1.54, 1.807) is 18.5 Å². The topological polar surface area (TPSA) is 61.2 Å². The van der Waals surface area contributed by atoms with Gasteiger partial charge in [-0.25, -0.2) is 4.98 Å². The molecule has 1 aromatic rings. The van der Waals surface area contributed by atoms with Crippen molar-refractivity contribution in [3.8, 4) is 0 Å². The van der Waals surface area contributed by atoms with Gasteiger partial charge in [0.05, 0.1) is 19.1 Å². The van der Waals surface area contributed by atoms with Gasteiger partial charge in [-0.05, 0) is 6.92 Å². The van der Waals surface area contributed by atoms with E-state index in [-0.39, 0.29) is 18.8 Å². The van der Waals surface area contributed by atoms with E-state index in [4.69, 9.17) is 0 Å². The van der Waals surface area contributed by atoms with E-state index in [0.717, 1.165) is 0 Å². The van der Waals surface area contributed by atoms with Crippen molar-refractivity contribution in [3.63, 3.8) is 0 Å². The third-order valence-electron chi connectivity index (χ3n) is 1.71. The molecule has 1 rings (SSSR count). The maximum Gasteiger partial charge on any atom is 0.313 e. The molecule has 0 fully saturated rings. The lowest BCUT2D eigenvalue weighted by atomic mass is 10.2. The Kier molecular flexibility index (Phi) is 3.39. The highest BCUT2D eigenvalue weighted by Gasteiger charge is 2.14. The van der Waals surface area contributed by atoms with Crippen LogP contribution in [0.3, 0.4) is 0 Å². The second kappa shape index (κ2) is 4.55. The third kappa shape index (κ3) is 2.42. The number of hydrogen-bond donors (Lipinski definition) is 0. The molecule has 0 aliphatic heterocycles. The number of carbonyl (C=O) groups is 2. The maximum atomic E-state index is 11.5. The standard InChI is InChI=1S/C9H12N2O3/c1-3-14-9(13)4-8(12)7-5-10-6-11(7)2/h5-6H,3-4H2,1-2H3. The van der Waals surface area contributed by atoms with Gasteiger partial charge in [0.1, 0.15) is 12.1 Å². The van der Waals surface area contributed by atoms with Crippen molar-refractivity contribution in [2.24, 2.45) is 7.05 Å². The fourth-order valence-corrected chi connectivity index (χ4v) is 1.06. The first kappa shape index (κ1) is 10.4. The Balaban J connectivity index is 2.59. The molecule has 0 spiro atoms. The van der Waals surface area contributed by atoms with Crippen LogP contribution in [0, 0.1) is 0 Å². The van der Waals surface area contributed by atoms with Crippen LogP contribution in [0.4, 0.5) is 0 Å². The number of ether oxygens (including phenoxy) is 1. The summed E-state index contributed by atoms with van der Waals surface area (Å²) < 4.78 is 6.23. The number of nitrogens with zero attached hydrogens (tertiary/aromatic N) is 2. The summed E-state index contributed by atoms with van der Waals surface area (Å²) in [7, 11) is 1.70. The monoisotopic (exact) mass is 196 g/mol. The molecule has 14 heavy (non-hydrogen) atoms. The predicted molar refractivity (Wildman–Crippen MR) is 48.8 cm³/mol. The number of carbonyl (C=O) groups excluding carboxylic acids is 2. The second-order valence-corrected chi connectivity index (χ2v) is 2.79. The van der Waals surface area contributed by atoms with E-state index in [1.807, 2.05) is 0 Å². The van der Waals surface area contributed by atoms with Gasteiger partial charge in [0.2, 0.25) is 0 Å². The van der Waals surface area contributed by atoms with Crippen LogP contribution in [0.1, 0.15) is 23.8 Å². The van der Waals surface area contributed by atoms with Gasteiger partial charge in [0.25, 0.3) is 0 Å². The number of imidazole rings is 1. The zero-order valence-corrected chi connectivity index (χ0v) is 8.19. The second-order valence-electron chi connectivity index (χ2n) is 2.79. The first-order chi connectivity index (χ1) is 6.65. The van der Waals surface area contributed by atoms with Crippen LogP contribution in [0.25, 0.3) is 0 Å². The van der Waals surface area contributed by atoms with Crippen molar-refractivity contribution in [2.45, 2.75) is 13.3 Å². The fourth-order valence-electron chi connectivity index (χ4n) is 1.06. The van der Waals surface area contributed by atoms with Gasteiger partial charge in [-0.15, -0.1) is 0 Å². The smallest absolute Gasteiger partial charge is 0.313 e. The number of Topliss-reactive ketones (excluding diaryl/α,β-unsaturated/α-hetero) is 1. The molecule has 0 aliphatic rings. The summed E-state index contributed by atoms with van der Waals surface area (Å²) >= 11 is 0. The first-order valence-corrected chi connectivity index (χ1v) is 4.30. The minimum absolute atomic E-state index is 0.229. The lowest BCUT2D eigenvalue weighted by molar-refractivity contribution is -0.141. The fraction of sp³-hybridized carbons (Fsp3) is 0.444. The number of aromatic nitrogens is 2. The molecule has 0 aromatic carbocycles. The van der Waals surface area contributed by atoms with Gasteiger partial charge in [-0.2, -0.15) is 0 Å². The summed E-state index contributed by atoms with van der Waals surface area (Å²) in [6.07, 6.45) is 2.72. The van der Waals surface area contributed by atoms with Crippen LogP contribution in [0.15, 0.2) is 12.5 Å². The summed E-state index contributed by atoms with van der Waals surface area (Å²) in [5.74, 6) is -0.776. The lowest BCUT2D eigenvalue weighted by Gasteiger charge is -2.01. The van der Waals surface area contributed by atoms with E-state index in [1.165, 1.54) is 12.5 Å². The Labute approximate surface area is 81.7 Å². The molecule has 0 N–H and O–H groups in total. The van der Waals surface area contributed by atoms with Crippen molar-refractivity contribution in [2.75, 3.05) is 6.61 Å². The molecule has 0 saturated carbocycles. The van der Waals surface area contributed by atoms with Crippen molar-refractivity contribution < 1.29 is 14.3 Å². The average Bonchev–Trinajstić information content (AvgIpc) is 2.51. The van der Waals surface area contributed by atoms with Crippen LogP contribution < -0.4 is 0 Å². The number of rotatable bonds is 4. The highest BCUT2D eigenvalue weighted by atomic mass is 16.5. The van der Waals surface area contributed by atoms with Crippen LogP contribution in [0.2, 0.25) is 0 Å². The molecule has 0 atom stereocenters. The molecule has 5 heteroatoms. The normalized spacial score (nSPS) is 9.86. The lowest BCUT2D eigenvalue weighted by Crippen LogP contribution is -2.13. The minimum atomic E-state index is -0.501. The Morgan fingerprint density at radius 3 is 2.79 bits per heavy atom. The molecule has 0 radical (unpaired) electrons. The Morgan fingerprint density at radius 1 is 1.57 bits per heavy atom. The van der Waals surface area contributed by atoms with Crippen LogP contribution in [-0.2, 0) is 16.6 Å².